The summed E-state index contributed by atoms with van der Waals surface area (Å²) in [7, 11) is 1.70. The van der Waals surface area contributed by atoms with Gasteiger partial charge in [0.1, 0.15) is 5.75 Å². The van der Waals surface area contributed by atoms with E-state index in [0.717, 1.165) is 23.2 Å². The first-order valence-electron chi connectivity index (χ1n) is 7.31. The summed E-state index contributed by atoms with van der Waals surface area (Å²) in [5.74, 6) is 0.908. The van der Waals surface area contributed by atoms with Crippen LogP contribution in [0.25, 0.3) is 0 Å². The van der Waals surface area contributed by atoms with Gasteiger partial charge in [0.05, 0.1) is 11.6 Å². The van der Waals surface area contributed by atoms with Gasteiger partial charge in [0.15, 0.2) is 0 Å². The summed E-state index contributed by atoms with van der Waals surface area (Å²) in [4.78, 5) is 0. The molecular formula is C16H26BrNO. The van der Waals surface area contributed by atoms with E-state index in [1.807, 2.05) is 6.07 Å². The first-order chi connectivity index (χ1) is 9.27. The van der Waals surface area contributed by atoms with Gasteiger partial charge in [-0.3, -0.25) is 0 Å². The Bertz CT molecular complexity index is 355. The Morgan fingerprint density at radius 1 is 1.11 bits per heavy atom. The minimum absolute atomic E-state index is 0.908. The van der Waals surface area contributed by atoms with Crippen molar-refractivity contribution in [1.82, 2.24) is 5.32 Å². The molecule has 0 aliphatic heterocycles. The Hall–Kier alpha value is -0.540. The average Bonchev–Trinajstić information content (AvgIpc) is 2.42. The predicted octanol–water partition coefficient (Wildman–Crippen LogP) is 4.56. The Balaban J connectivity index is 2.11. The van der Waals surface area contributed by atoms with Crippen molar-refractivity contribution in [2.75, 3.05) is 20.2 Å². The van der Waals surface area contributed by atoms with Gasteiger partial charge in [0.25, 0.3) is 0 Å². The summed E-state index contributed by atoms with van der Waals surface area (Å²) in [6, 6.07) is 6.36. The zero-order valence-electron chi connectivity index (χ0n) is 12.2. The van der Waals surface area contributed by atoms with Crippen molar-refractivity contribution >= 4 is 15.9 Å². The van der Waals surface area contributed by atoms with Gasteiger partial charge in [-0.25, -0.2) is 0 Å². The molecule has 3 heteroatoms. The number of rotatable bonds is 10. The minimum atomic E-state index is 0.908. The molecule has 0 unspecified atom stereocenters. The van der Waals surface area contributed by atoms with E-state index in [-0.39, 0.29) is 0 Å². The molecule has 1 aromatic rings. The maximum atomic E-state index is 5.24. The highest BCUT2D eigenvalue weighted by Crippen LogP contribution is 2.26. The minimum Gasteiger partial charge on any atom is -0.496 e. The van der Waals surface area contributed by atoms with Crippen LogP contribution in [-0.2, 0) is 6.42 Å². The van der Waals surface area contributed by atoms with Gasteiger partial charge in [-0.15, -0.1) is 0 Å². The van der Waals surface area contributed by atoms with E-state index in [4.69, 9.17) is 4.74 Å². The molecule has 0 fully saturated rings. The second-order valence-corrected chi connectivity index (χ2v) is 5.74. The van der Waals surface area contributed by atoms with Gasteiger partial charge in [-0.1, -0.05) is 25.8 Å². The molecule has 0 saturated heterocycles. The third-order valence-electron chi connectivity index (χ3n) is 3.21. The zero-order chi connectivity index (χ0) is 13.9. The summed E-state index contributed by atoms with van der Waals surface area (Å²) in [6.45, 7) is 4.53. The standard InChI is InChI=1S/C16H26BrNO/c1-3-11-18-12-7-5-4-6-8-14-9-10-16(19-2)15(17)13-14/h9-10,13,18H,3-8,11-12H2,1-2H3. The van der Waals surface area contributed by atoms with Gasteiger partial charge in [0, 0.05) is 0 Å². The van der Waals surface area contributed by atoms with Gasteiger partial charge in [-0.05, 0) is 72.4 Å². The van der Waals surface area contributed by atoms with Crippen LogP contribution in [0, 0.1) is 0 Å². The fraction of sp³-hybridized carbons (Fsp3) is 0.625. The first kappa shape index (κ1) is 16.5. The molecule has 0 aromatic heterocycles. The number of nitrogens with one attached hydrogen (secondary N) is 1. The summed E-state index contributed by atoms with van der Waals surface area (Å²) in [6.07, 6.45) is 7.60. The zero-order valence-corrected chi connectivity index (χ0v) is 13.8. The highest BCUT2D eigenvalue weighted by molar-refractivity contribution is 9.10. The van der Waals surface area contributed by atoms with E-state index < -0.39 is 0 Å². The molecule has 0 saturated carbocycles. The Kier molecular flexibility index (Phi) is 8.93. The monoisotopic (exact) mass is 327 g/mol. The lowest BCUT2D eigenvalue weighted by molar-refractivity contribution is 0.412. The molecule has 0 atom stereocenters. The van der Waals surface area contributed by atoms with Crippen LogP contribution in [0.5, 0.6) is 5.75 Å². The summed E-state index contributed by atoms with van der Waals surface area (Å²) in [5, 5.41) is 3.44. The molecule has 0 heterocycles. The fourth-order valence-electron chi connectivity index (χ4n) is 2.10. The van der Waals surface area contributed by atoms with Crippen LogP contribution in [0.4, 0.5) is 0 Å². The fourth-order valence-corrected chi connectivity index (χ4v) is 2.69. The molecule has 1 aromatic carbocycles. The van der Waals surface area contributed by atoms with Crippen LogP contribution in [0.1, 0.15) is 44.6 Å². The third kappa shape index (κ3) is 6.98. The van der Waals surface area contributed by atoms with Crippen molar-refractivity contribution in [1.29, 1.82) is 0 Å². The predicted molar refractivity (Wildman–Crippen MR) is 86.0 cm³/mol. The molecule has 0 aliphatic rings. The normalized spacial score (nSPS) is 10.7. The van der Waals surface area contributed by atoms with Crippen LogP contribution in [-0.4, -0.2) is 20.2 Å². The van der Waals surface area contributed by atoms with Crippen LogP contribution < -0.4 is 10.1 Å². The molecule has 0 radical (unpaired) electrons. The van der Waals surface area contributed by atoms with Crippen molar-refractivity contribution in [3.8, 4) is 5.75 Å². The number of ether oxygens (including phenoxy) is 1. The lowest BCUT2D eigenvalue weighted by atomic mass is 10.1. The van der Waals surface area contributed by atoms with Crippen LogP contribution in [0.15, 0.2) is 22.7 Å². The maximum Gasteiger partial charge on any atom is 0.133 e. The van der Waals surface area contributed by atoms with E-state index in [1.54, 1.807) is 7.11 Å². The number of hydrogen-bond donors (Lipinski definition) is 1. The second kappa shape index (κ2) is 10.3. The molecule has 0 bridgehead atoms. The number of methoxy groups -OCH3 is 1. The molecular weight excluding hydrogens is 302 g/mol. The van der Waals surface area contributed by atoms with Gasteiger partial charge >= 0.3 is 0 Å². The van der Waals surface area contributed by atoms with Crippen molar-refractivity contribution in [3.05, 3.63) is 28.2 Å². The van der Waals surface area contributed by atoms with E-state index in [0.29, 0.717) is 0 Å². The summed E-state index contributed by atoms with van der Waals surface area (Å²) >= 11 is 3.53. The Morgan fingerprint density at radius 3 is 2.58 bits per heavy atom. The van der Waals surface area contributed by atoms with Crippen LogP contribution in [0.2, 0.25) is 0 Å². The highest BCUT2D eigenvalue weighted by Gasteiger charge is 2.01. The van der Waals surface area contributed by atoms with Gasteiger partial charge in [-0.2, -0.15) is 0 Å². The van der Waals surface area contributed by atoms with Crippen molar-refractivity contribution < 1.29 is 4.74 Å². The number of benzene rings is 1. The highest BCUT2D eigenvalue weighted by atomic mass is 79.9. The number of halogens is 1. The van der Waals surface area contributed by atoms with Crippen LogP contribution >= 0.6 is 15.9 Å². The molecule has 1 rings (SSSR count). The van der Waals surface area contributed by atoms with E-state index in [1.165, 1.54) is 44.2 Å². The lowest BCUT2D eigenvalue weighted by Crippen LogP contribution is -2.15. The van der Waals surface area contributed by atoms with Gasteiger partial charge in [0.2, 0.25) is 0 Å². The molecule has 0 aliphatic carbocycles. The largest absolute Gasteiger partial charge is 0.496 e. The van der Waals surface area contributed by atoms with Crippen molar-refractivity contribution in [2.45, 2.75) is 45.4 Å². The number of hydrogen-bond acceptors (Lipinski definition) is 2. The quantitative estimate of drug-likeness (QED) is 0.636. The topological polar surface area (TPSA) is 21.3 Å². The molecule has 2 nitrogen and oxygen atoms in total. The first-order valence-corrected chi connectivity index (χ1v) is 8.10. The average molecular weight is 328 g/mol. The molecule has 0 amide bonds. The number of unbranched alkanes of at least 4 members (excludes halogenated alkanes) is 3. The molecule has 19 heavy (non-hydrogen) atoms. The van der Waals surface area contributed by atoms with E-state index >= 15 is 0 Å². The molecule has 1 N–H and O–H groups in total. The Labute approximate surface area is 126 Å². The third-order valence-corrected chi connectivity index (χ3v) is 3.83. The molecule has 108 valence electrons. The SMILES string of the molecule is CCCNCCCCCCc1ccc(OC)c(Br)c1. The smallest absolute Gasteiger partial charge is 0.133 e. The lowest BCUT2D eigenvalue weighted by Gasteiger charge is -2.06. The number of aryl methyl sites for hydroxylation is 1. The van der Waals surface area contributed by atoms with E-state index in [2.05, 4.69) is 40.3 Å². The van der Waals surface area contributed by atoms with Crippen molar-refractivity contribution in [3.63, 3.8) is 0 Å². The summed E-state index contributed by atoms with van der Waals surface area (Å²) in [5.41, 5.74) is 1.39. The Morgan fingerprint density at radius 2 is 1.89 bits per heavy atom. The summed E-state index contributed by atoms with van der Waals surface area (Å²) < 4.78 is 6.29. The molecule has 0 spiro atoms. The van der Waals surface area contributed by atoms with E-state index in [9.17, 15) is 0 Å². The second-order valence-electron chi connectivity index (χ2n) is 4.88. The van der Waals surface area contributed by atoms with Crippen LogP contribution in [0.3, 0.4) is 0 Å². The van der Waals surface area contributed by atoms with Crippen molar-refractivity contribution in [2.24, 2.45) is 0 Å². The van der Waals surface area contributed by atoms with Gasteiger partial charge < -0.3 is 10.1 Å². The maximum absolute atomic E-state index is 5.24.